The molecular weight excluding hydrogens is 254 g/mol. The smallest absolute Gasteiger partial charge is 0.318 e. The first-order valence-corrected chi connectivity index (χ1v) is 7.27. The quantitative estimate of drug-likeness (QED) is 0.913. The lowest BCUT2D eigenvalue weighted by molar-refractivity contribution is 0.00463. The van der Waals surface area contributed by atoms with Crippen molar-refractivity contribution in [1.82, 2.24) is 15.2 Å². The summed E-state index contributed by atoms with van der Waals surface area (Å²) in [7, 11) is 0. The molecule has 20 heavy (non-hydrogen) atoms. The zero-order chi connectivity index (χ0) is 13.9. The molecule has 108 valence electrons. The molecule has 2 aliphatic rings. The van der Waals surface area contributed by atoms with E-state index in [0.717, 1.165) is 11.1 Å². The van der Waals surface area contributed by atoms with Crippen molar-refractivity contribution in [2.24, 2.45) is 5.92 Å². The van der Waals surface area contributed by atoms with Gasteiger partial charge in [-0.1, -0.05) is 0 Å². The van der Waals surface area contributed by atoms with Gasteiger partial charge in [0.25, 0.3) is 0 Å². The average molecular weight is 275 g/mol. The third-order valence-electron chi connectivity index (χ3n) is 4.17. The second-order valence-corrected chi connectivity index (χ2v) is 5.63. The van der Waals surface area contributed by atoms with Crippen molar-refractivity contribution >= 4 is 6.03 Å². The third kappa shape index (κ3) is 2.93. The van der Waals surface area contributed by atoms with Crippen molar-refractivity contribution in [2.75, 3.05) is 19.8 Å². The molecule has 5 nitrogen and oxygen atoms in total. The summed E-state index contributed by atoms with van der Waals surface area (Å²) in [4.78, 5) is 18.4. The summed E-state index contributed by atoms with van der Waals surface area (Å²) >= 11 is 0. The van der Waals surface area contributed by atoms with Crippen LogP contribution in [0.25, 0.3) is 0 Å². The van der Waals surface area contributed by atoms with Crippen LogP contribution in [0.1, 0.15) is 24.0 Å². The minimum absolute atomic E-state index is 0.0217. The Hall–Kier alpha value is -1.62. The van der Waals surface area contributed by atoms with Crippen molar-refractivity contribution in [3.63, 3.8) is 0 Å². The van der Waals surface area contributed by atoms with E-state index in [1.165, 1.54) is 12.8 Å². The first-order valence-electron chi connectivity index (χ1n) is 7.27. The maximum Gasteiger partial charge on any atom is 0.318 e. The number of amides is 2. The Morgan fingerprint density at radius 1 is 1.55 bits per heavy atom. The normalized spacial score (nSPS) is 22.6. The SMILES string of the molecule is Cc1ccncc1CNC(=O)N1CCOCC1C1CC1. The highest BCUT2D eigenvalue weighted by molar-refractivity contribution is 5.74. The molecule has 1 N–H and O–H groups in total. The van der Waals surface area contributed by atoms with Gasteiger partial charge in [-0.15, -0.1) is 0 Å². The number of morpholine rings is 1. The number of ether oxygens (including phenoxy) is 1. The van der Waals surface area contributed by atoms with Gasteiger partial charge in [-0.2, -0.15) is 0 Å². The molecule has 0 aromatic carbocycles. The van der Waals surface area contributed by atoms with Gasteiger partial charge in [0.2, 0.25) is 0 Å². The van der Waals surface area contributed by atoms with Crippen LogP contribution >= 0.6 is 0 Å². The number of hydrogen-bond acceptors (Lipinski definition) is 3. The van der Waals surface area contributed by atoms with E-state index >= 15 is 0 Å². The molecule has 0 bridgehead atoms. The number of nitrogens with one attached hydrogen (secondary N) is 1. The topological polar surface area (TPSA) is 54.5 Å². The highest BCUT2D eigenvalue weighted by Gasteiger charge is 2.39. The Labute approximate surface area is 119 Å². The van der Waals surface area contributed by atoms with Crippen LogP contribution in [-0.2, 0) is 11.3 Å². The molecular formula is C15H21N3O2. The number of aromatic nitrogens is 1. The van der Waals surface area contributed by atoms with Crippen LogP contribution in [0, 0.1) is 12.8 Å². The Balaban J connectivity index is 1.59. The summed E-state index contributed by atoms with van der Waals surface area (Å²) in [5.41, 5.74) is 2.22. The molecule has 1 aliphatic heterocycles. The molecule has 1 aromatic heterocycles. The lowest BCUT2D eigenvalue weighted by atomic mass is 10.1. The molecule has 2 heterocycles. The van der Waals surface area contributed by atoms with Crippen LogP contribution in [0.5, 0.6) is 0 Å². The zero-order valence-corrected chi connectivity index (χ0v) is 11.8. The summed E-state index contributed by atoms with van der Waals surface area (Å²) in [5.74, 6) is 0.640. The molecule has 1 saturated carbocycles. The van der Waals surface area contributed by atoms with Crippen molar-refractivity contribution in [2.45, 2.75) is 32.4 Å². The van der Waals surface area contributed by atoms with E-state index in [1.54, 1.807) is 6.20 Å². The second kappa shape index (κ2) is 5.79. The van der Waals surface area contributed by atoms with Gasteiger partial charge in [-0.3, -0.25) is 4.98 Å². The van der Waals surface area contributed by atoms with Crippen LogP contribution in [0.3, 0.4) is 0 Å². The van der Waals surface area contributed by atoms with E-state index in [9.17, 15) is 4.79 Å². The summed E-state index contributed by atoms with van der Waals surface area (Å²) in [6, 6.07) is 2.25. The molecule has 1 aliphatic carbocycles. The molecule has 1 unspecified atom stereocenters. The fourth-order valence-corrected chi connectivity index (χ4v) is 2.70. The number of carbonyl (C=O) groups is 1. The lowest BCUT2D eigenvalue weighted by Gasteiger charge is -2.35. The minimum Gasteiger partial charge on any atom is -0.377 e. The van der Waals surface area contributed by atoms with E-state index < -0.39 is 0 Å². The van der Waals surface area contributed by atoms with Gasteiger partial charge < -0.3 is 15.0 Å². The zero-order valence-electron chi connectivity index (χ0n) is 11.8. The molecule has 3 rings (SSSR count). The molecule has 5 heteroatoms. The van der Waals surface area contributed by atoms with E-state index in [4.69, 9.17) is 4.74 Å². The Kier molecular flexibility index (Phi) is 3.87. The van der Waals surface area contributed by atoms with Crippen LogP contribution in [-0.4, -0.2) is 41.7 Å². The van der Waals surface area contributed by atoms with Gasteiger partial charge in [0.15, 0.2) is 0 Å². The molecule has 1 saturated heterocycles. The molecule has 2 fully saturated rings. The summed E-state index contributed by atoms with van der Waals surface area (Å²) in [6.07, 6.45) is 6.03. The van der Waals surface area contributed by atoms with Crippen LogP contribution in [0.15, 0.2) is 18.5 Å². The predicted molar refractivity (Wildman–Crippen MR) is 75.2 cm³/mol. The molecule has 1 aromatic rings. The highest BCUT2D eigenvalue weighted by atomic mass is 16.5. The number of pyridine rings is 1. The van der Waals surface area contributed by atoms with Crippen LogP contribution in [0.4, 0.5) is 4.79 Å². The van der Waals surface area contributed by atoms with Gasteiger partial charge in [0.05, 0.1) is 19.3 Å². The monoisotopic (exact) mass is 275 g/mol. The average Bonchev–Trinajstić information content (AvgIpc) is 3.31. The van der Waals surface area contributed by atoms with E-state index in [0.29, 0.717) is 32.2 Å². The number of carbonyl (C=O) groups excluding carboxylic acids is 1. The highest BCUT2D eigenvalue weighted by Crippen LogP contribution is 2.36. The van der Waals surface area contributed by atoms with Gasteiger partial charge in [0, 0.05) is 25.5 Å². The fraction of sp³-hybridized carbons (Fsp3) is 0.600. The summed E-state index contributed by atoms with van der Waals surface area (Å²) < 4.78 is 5.51. The first-order chi connectivity index (χ1) is 9.75. The summed E-state index contributed by atoms with van der Waals surface area (Å²) in [6.45, 7) is 4.59. The van der Waals surface area contributed by atoms with Crippen molar-refractivity contribution in [3.8, 4) is 0 Å². The Bertz CT molecular complexity index is 488. The summed E-state index contributed by atoms with van der Waals surface area (Å²) in [5, 5.41) is 3.01. The number of urea groups is 1. The number of nitrogens with zero attached hydrogens (tertiary/aromatic N) is 2. The Morgan fingerprint density at radius 2 is 2.40 bits per heavy atom. The first kappa shape index (κ1) is 13.4. The van der Waals surface area contributed by atoms with Crippen molar-refractivity contribution in [1.29, 1.82) is 0 Å². The molecule has 1 atom stereocenters. The van der Waals surface area contributed by atoms with Crippen LogP contribution in [0.2, 0.25) is 0 Å². The predicted octanol–water partition coefficient (Wildman–Crippen LogP) is 1.71. The van der Waals surface area contributed by atoms with Gasteiger partial charge in [-0.25, -0.2) is 4.79 Å². The van der Waals surface area contributed by atoms with Crippen LogP contribution < -0.4 is 5.32 Å². The van der Waals surface area contributed by atoms with Gasteiger partial charge in [-0.05, 0) is 42.9 Å². The number of rotatable bonds is 3. The third-order valence-corrected chi connectivity index (χ3v) is 4.17. The van der Waals surface area contributed by atoms with E-state index in [2.05, 4.69) is 10.3 Å². The van der Waals surface area contributed by atoms with Crippen molar-refractivity contribution < 1.29 is 9.53 Å². The number of hydrogen-bond donors (Lipinski definition) is 1. The minimum atomic E-state index is 0.0217. The molecule has 2 amide bonds. The van der Waals surface area contributed by atoms with Gasteiger partial charge in [0.1, 0.15) is 0 Å². The van der Waals surface area contributed by atoms with Crippen molar-refractivity contribution in [3.05, 3.63) is 29.6 Å². The number of aryl methyl sites for hydroxylation is 1. The standard InChI is InChI=1S/C15H21N3O2/c1-11-4-5-16-8-13(11)9-17-15(19)18-6-7-20-10-14(18)12-2-3-12/h4-5,8,12,14H,2-3,6-7,9-10H2,1H3,(H,17,19). The van der Waals surface area contributed by atoms with E-state index in [-0.39, 0.29) is 12.1 Å². The lowest BCUT2D eigenvalue weighted by Crippen LogP contribution is -2.53. The Morgan fingerprint density at radius 3 is 3.15 bits per heavy atom. The second-order valence-electron chi connectivity index (χ2n) is 5.63. The molecule has 0 spiro atoms. The maximum absolute atomic E-state index is 12.4. The molecule has 0 radical (unpaired) electrons. The fourth-order valence-electron chi connectivity index (χ4n) is 2.70. The van der Waals surface area contributed by atoms with E-state index in [1.807, 2.05) is 24.1 Å². The largest absolute Gasteiger partial charge is 0.377 e. The van der Waals surface area contributed by atoms with Gasteiger partial charge >= 0.3 is 6.03 Å². The maximum atomic E-state index is 12.4.